The summed E-state index contributed by atoms with van der Waals surface area (Å²) in [6, 6.07) is 24.4. The Labute approximate surface area is 221 Å². The second kappa shape index (κ2) is 12.1. The van der Waals surface area contributed by atoms with Crippen LogP contribution in [-0.2, 0) is 10.2 Å². The molecule has 1 aliphatic rings. The van der Waals surface area contributed by atoms with Crippen LogP contribution in [-0.4, -0.2) is 32.5 Å². The highest BCUT2D eigenvalue weighted by molar-refractivity contribution is 5.67. The Balaban J connectivity index is 1.53. The van der Waals surface area contributed by atoms with Gasteiger partial charge in [0.1, 0.15) is 35.9 Å². The highest BCUT2D eigenvalue weighted by atomic mass is 19.1. The molecular formula is C30H28FN3O4. The summed E-state index contributed by atoms with van der Waals surface area (Å²) >= 11 is 0. The number of amides is 1. The van der Waals surface area contributed by atoms with Crippen molar-refractivity contribution in [2.24, 2.45) is 5.92 Å². The van der Waals surface area contributed by atoms with Crippen molar-refractivity contribution >= 4 is 6.09 Å². The van der Waals surface area contributed by atoms with E-state index in [-0.39, 0.29) is 12.0 Å². The largest absolute Gasteiger partial charge is 0.490 e. The minimum atomic E-state index is -1.19. The van der Waals surface area contributed by atoms with Crippen molar-refractivity contribution in [2.45, 2.75) is 30.7 Å². The summed E-state index contributed by atoms with van der Waals surface area (Å²) in [5.74, 6) is 0.517. The fourth-order valence-electron chi connectivity index (χ4n) is 5.16. The van der Waals surface area contributed by atoms with E-state index >= 15 is 0 Å². The molecule has 0 radical (unpaired) electrons. The molecule has 0 heterocycles. The lowest BCUT2D eigenvalue weighted by Gasteiger charge is -2.37. The molecule has 4 rings (SSSR count). The average molecular weight is 514 g/mol. The highest BCUT2D eigenvalue weighted by Crippen LogP contribution is 2.47. The third kappa shape index (κ3) is 5.71. The van der Waals surface area contributed by atoms with E-state index in [1.807, 2.05) is 12.1 Å². The Kier molecular flexibility index (Phi) is 8.45. The van der Waals surface area contributed by atoms with E-state index in [0.717, 1.165) is 6.42 Å². The minimum absolute atomic E-state index is 0.291. The molecule has 38 heavy (non-hydrogen) atoms. The first-order chi connectivity index (χ1) is 18.5. The summed E-state index contributed by atoms with van der Waals surface area (Å²) in [6.45, 7) is 0.600. The van der Waals surface area contributed by atoms with Gasteiger partial charge < -0.3 is 19.5 Å². The van der Waals surface area contributed by atoms with Crippen LogP contribution in [0.1, 0.15) is 36.0 Å². The van der Waals surface area contributed by atoms with E-state index < -0.39 is 17.3 Å². The number of ether oxygens (including phenoxy) is 3. The van der Waals surface area contributed by atoms with E-state index in [9.17, 15) is 14.4 Å². The van der Waals surface area contributed by atoms with Crippen LogP contribution >= 0.6 is 0 Å². The number of hydrogen-bond donors (Lipinski definition) is 1. The smallest absolute Gasteiger partial charge is 0.407 e. The lowest BCUT2D eigenvalue weighted by atomic mass is 9.65. The summed E-state index contributed by atoms with van der Waals surface area (Å²) in [7, 11) is 1.30. The number of nitriles is 2. The molecule has 194 valence electrons. The molecular weight excluding hydrogens is 485 g/mol. The lowest BCUT2D eigenvalue weighted by Crippen LogP contribution is -2.47. The van der Waals surface area contributed by atoms with Crippen LogP contribution in [0.3, 0.4) is 0 Å². The molecule has 1 aliphatic carbocycles. The Morgan fingerprint density at radius 1 is 0.974 bits per heavy atom. The zero-order valence-electron chi connectivity index (χ0n) is 21.0. The molecule has 1 fully saturated rings. The van der Waals surface area contributed by atoms with E-state index in [4.69, 9.17) is 19.5 Å². The van der Waals surface area contributed by atoms with Gasteiger partial charge in [-0.3, -0.25) is 0 Å². The number of rotatable bonds is 9. The second-order valence-electron chi connectivity index (χ2n) is 9.07. The fourth-order valence-corrected chi connectivity index (χ4v) is 5.16. The van der Waals surface area contributed by atoms with Gasteiger partial charge in [0.15, 0.2) is 0 Å². The van der Waals surface area contributed by atoms with Gasteiger partial charge in [0.2, 0.25) is 0 Å². The topological polar surface area (TPSA) is 104 Å². The van der Waals surface area contributed by atoms with E-state index in [2.05, 4.69) is 17.5 Å². The molecule has 3 aromatic carbocycles. The molecule has 0 bridgehead atoms. The number of nitrogens with zero attached hydrogens (tertiary/aromatic N) is 2. The van der Waals surface area contributed by atoms with Crippen LogP contribution in [0.25, 0.3) is 0 Å². The van der Waals surface area contributed by atoms with Crippen molar-refractivity contribution in [2.75, 3.05) is 20.3 Å². The van der Waals surface area contributed by atoms with Crippen LogP contribution in [0.15, 0.2) is 72.8 Å². The van der Waals surface area contributed by atoms with Crippen LogP contribution in [0.2, 0.25) is 0 Å². The van der Waals surface area contributed by atoms with E-state index in [0.29, 0.717) is 54.2 Å². The number of benzene rings is 3. The molecule has 0 spiro atoms. The number of halogens is 1. The van der Waals surface area contributed by atoms with Crippen molar-refractivity contribution in [3.05, 3.63) is 95.3 Å². The second-order valence-corrected chi connectivity index (χ2v) is 9.07. The first kappa shape index (κ1) is 26.5. The lowest BCUT2D eigenvalue weighted by molar-refractivity contribution is 0.161. The van der Waals surface area contributed by atoms with Crippen molar-refractivity contribution in [3.8, 4) is 23.6 Å². The monoisotopic (exact) mass is 513 g/mol. The van der Waals surface area contributed by atoms with Gasteiger partial charge in [-0.05, 0) is 72.5 Å². The van der Waals surface area contributed by atoms with E-state index in [1.165, 1.54) is 19.2 Å². The molecule has 0 saturated heterocycles. The van der Waals surface area contributed by atoms with Gasteiger partial charge >= 0.3 is 6.09 Å². The minimum Gasteiger partial charge on any atom is -0.490 e. The summed E-state index contributed by atoms with van der Waals surface area (Å²) < 4.78 is 30.6. The van der Waals surface area contributed by atoms with Gasteiger partial charge in [-0.15, -0.1) is 0 Å². The van der Waals surface area contributed by atoms with Crippen LogP contribution in [0, 0.1) is 34.4 Å². The molecule has 0 aliphatic heterocycles. The standard InChI is InChI=1S/C30H28FN3O4/c1-36-29(35)34-28-7-3-6-27(28)30(20-33,23-4-2-5-24(31)18-23)22-10-14-26(15-11-22)38-17-16-37-25-12-8-21(19-32)9-13-25/h2,4-5,8-15,18,27-28H,3,6-7,16-17H2,1H3,(H,34,35)/t27-,28-,30?/m0/s1. The number of methoxy groups -OCH3 is 1. The summed E-state index contributed by atoms with van der Waals surface area (Å²) in [5, 5.41) is 22.4. The third-order valence-electron chi connectivity index (χ3n) is 6.93. The zero-order valence-corrected chi connectivity index (χ0v) is 21.0. The van der Waals surface area contributed by atoms with Crippen molar-refractivity contribution in [1.29, 1.82) is 10.5 Å². The molecule has 1 amide bonds. The maximum absolute atomic E-state index is 14.4. The number of carbonyl (C=O) groups excluding carboxylic acids is 1. The summed E-state index contributed by atoms with van der Waals surface area (Å²) in [6.07, 6.45) is 1.64. The third-order valence-corrected chi connectivity index (χ3v) is 6.93. The zero-order chi connectivity index (χ0) is 27.0. The van der Waals surface area contributed by atoms with E-state index in [1.54, 1.807) is 48.5 Å². The van der Waals surface area contributed by atoms with Crippen LogP contribution in [0.4, 0.5) is 9.18 Å². The predicted octanol–water partition coefficient (Wildman–Crippen LogP) is 5.49. The molecule has 0 aromatic heterocycles. The molecule has 1 N–H and O–H groups in total. The Morgan fingerprint density at radius 2 is 1.63 bits per heavy atom. The number of hydrogen-bond acceptors (Lipinski definition) is 6. The van der Waals surface area contributed by atoms with Gasteiger partial charge in [-0.25, -0.2) is 9.18 Å². The van der Waals surface area contributed by atoms with Crippen molar-refractivity contribution in [3.63, 3.8) is 0 Å². The number of carbonyl (C=O) groups is 1. The first-order valence-electron chi connectivity index (χ1n) is 12.4. The van der Waals surface area contributed by atoms with Crippen LogP contribution < -0.4 is 14.8 Å². The number of alkyl carbamates (subject to hydrolysis) is 1. The Morgan fingerprint density at radius 3 is 2.21 bits per heavy atom. The van der Waals surface area contributed by atoms with Gasteiger partial charge in [0, 0.05) is 12.0 Å². The fraction of sp³-hybridized carbons (Fsp3) is 0.300. The molecule has 1 unspecified atom stereocenters. The maximum Gasteiger partial charge on any atom is 0.407 e. The van der Waals surface area contributed by atoms with Crippen LogP contribution in [0.5, 0.6) is 11.5 Å². The van der Waals surface area contributed by atoms with Gasteiger partial charge in [-0.2, -0.15) is 10.5 Å². The summed E-state index contributed by atoms with van der Waals surface area (Å²) in [5.41, 5.74) is 0.593. The Hall–Kier alpha value is -4.56. The predicted molar refractivity (Wildman–Crippen MR) is 138 cm³/mol. The van der Waals surface area contributed by atoms with Crippen molar-refractivity contribution in [1.82, 2.24) is 5.32 Å². The number of nitrogens with one attached hydrogen (secondary N) is 1. The molecule has 8 heteroatoms. The molecule has 7 nitrogen and oxygen atoms in total. The van der Waals surface area contributed by atoms with Crippen molar-refractivity contribution < 1.29 is 23.4 Å². The SMILES string of the molecule is COC(=O)N[C@H]1CCC[C@@H]1C(C#N)(c1ccc(OCCOc2ccc(C#N)cc2)cc1)c1cccc(F)c1. The highest BCUT2D eigenvalue weighted by Gasteiger charge is 2.49. The molecule has 3 atom stereocenters. The average Bonchev–Trinajstić information content (AvgIpc) is 3.41. The molecule has 3 aromatic rings. The quantitative estimate of drug-likeness (QED) is 0.380. The first-order valence-corrected chi connectivity index (χ1v) is 12.4. The normalized spacial score (nSPS) is 17.9. The van der Waals surface area contributed by atoms with Gasteiger partial charge in [0.25, 0.3) is 0 Å². The van der Waals surface area contributed by atoms with Gasteiger partial charge in [-0.1, -0.05) is 30.7 Å². The maximum atomic E-state index is 14.4. The molecule has 1 saturated carbocycles. The Bertz CT molecular complexity index is 1330. The van der Waals surface area contributed by atoms with Gasteiger partial charge in [0.05, 0.1) is 24.8 Å². The summed E-state index contributed by atoms with van der Waals surface area (Å²) in [4.78, 5) is 12.0.